The summed E-state index contributed by atoms with van der Waals surface area (Å²) >= 11 is 0. The number of hydrogen-bond donors (Lipinski definition) is 2. The molecule has 1 heterocycles. The van der Waals surface area contributed by atoms with Crippen molar-refractivity contribution in [3.05, 3.63) is 17.8 Å². The standard InChI is InChI=1S/C12H19N3/c1-8(10-3-4-10)6-14-12-5-11(13)9(2)7-15-12/h5,7-8,10H,3-4,6H2,1-2H3,(H3,13,14,15). The van der Waals surface area contributed by atoms with Gasteiger partial charge in [0.05, 0.1) is 0 Å². The minimum Gasteiger partial charge on any atom is -0.398 e. The van der Waals surface area contributed by atoms with E-state index in [-0.39, 0.29) is 0 Å². The van der Waals surface area contributed by atoms with Crippen molar-refractivity contribution < 1.29 is 0 Å². The Morgan fingerprint density at radius 1 is 1.60 bits per heavy atom. The molecule has 3 N–H and O–H groups in total. The molecule has 1 aliphatic rings. The molecule has 1 atom stereocenters. The third-order valence-electron chi connectivity index (χ3n) is 3.18. The van der Waals surface area contributed by atoms with Crippen LogP contribution in [0.5, 0.6) is 0 Å². The number of nitrogens with two attached hydrogens (primary N) is 1. The molecule has 1 saturated carbocycles. The molecular formula is C12H19N3. The van der Waals surface area contributed by atoms with E-state index < -0.39 is 0 Å². The number of hydrogen-bond acceptors (Lipinski definition) is 3. The van der Waals surface area contributed by atoms with Gasteiger partial charge in [-0.3, -0.25) is 0 Å². The van der Waals surface area contributed by atoms with Crippen molar-refractivity contribution in [3.8, 4) is 0 Å². The van der Waals surface area contributed by atoms with Crippen LogP contribution < -0.4 is 11.1 Å². The molecule has 15 heavy (non-hydrogen) atoms. The van der Waals surface area contributed by atoms with E-state index in [0.29, 0.717) is 0 Å². The van der Waals surface area contributed by atoms with Gasteiger partial charge in [-0.15, -0.1) is 0 Å². The molecule has 0 aromatic carbocycles. The highest BCUT2D eigenvalue weighted by molar-refractivity contribution is 5.53. The highest BCUT2D eigenvalue weighted by Gasteiger charge is 2.27. The van der Waals surface area contributed by atoms with Crippen molar-refractivity contribution in [1.29, 1.82) is 0 Å². The quantitative estimate of drug-likeness (QED) is 0.793. The van der Waals surface area contributed by atoms with Gasteiger partial charge >= 0.3 is 0 Å². The van der Waals surface area contributed by atoms with E-state index >= 15 is 0 Å². The first-order chi connectivity index (χ1) is 7.16. The maximum atomic E-state index is 5.82. The second-order valence-electron chi connectivity index (χ2n) is 4.62. The summed E-state index contributed by atoms with van der Waals surface area (Å²) in [6.45, 7) is 5.27. The predicted molar refractivity (Wildman–Crippen MR) is 63.8 cm³/mol. The lowest BCUT2D eigenvalue weighted by molar-refractivity contribution is 0.536. The number of rotatable bonds is 4. The van der Waals surface area contributed by atoms with Gasteiger partial charge in [0.15, 0.2) is 0 Å². The van der Waals surface area contributed by atoms with Gasteiger partial charge < -0.3 is 11.1 Å². The van der Waals surface area contributed by atoms with E-state index in [9.17, 15) is 0 Å². The van der Waals surface area contributed by atoms with Gasteiger partial charge in [0.25, 0.3) is 0 Å². The van der Waals surface area contributed by atoms with Crippen molar-refractivity contribution in [2.45, 2.75) is 26.7 Å². The number of aryl methyl sites for hydroxylation is 1. The fourth-order valence-electron chi connectivity index (χ4n) is 1.73. The van der Waals surface area contributed by atoms with Gasteiger partial charge in [-0.05, 0) is 37.2 Å². The molecule has 0 amide bonds. The topological polar surface area (TPSA) is 50.9 Å². The molecule has 1 aromatic heterocycles. The predicted octanol–water partition coefficient (Wildman–Crippen LogP) is 2.43. The summed E-state index contributed by atoms with van der Waals surface area (Å²) in [4.78, 5) is 4.30. The van der Waals surface area contributed by atoms with Crippen LogP contribution in [0.1, 0.15) is 25.3 Å². The van der Waals surface area contributed by atoms with Gasteiger partial charge in [-0.25, -0.2) is 4.98 Å². The van der Waals surface area contributed by atoms with Gasteiger partial charge in [-0.2, -0.15) is 0 Å². The fraction of sp³-hybridized carbons (Fsp3) is 0.583. The van der Waals surface area contributed by atoms with Crippen LogP contribution in [0.2, 0.25) is 0 Å². The summed E-state index contributed by atoms with van der Waals surface area (Å²) in [7, 11) is 0. The first kappa shape index (κ1) is 10.3. The van der Waals surface area contributed by atoms with E-state index in [4.69, 9.17) is 5.73 Å². The van der Waals surface area contributed by atoms with Crippen molar-refractivity contribution in [1.82, 2.24) is 4.98 Å². The Balaban J connectivity index is 1.89. The van der Waals surface area contributed by atoms with E-state index in [1.54, 1.807) is 0 Å². The molecule has 2 rings (SSSR count). The third-order valence-corrected chi connectivity index (χ3v) is 3.18. The monoisotopic (exact) mass is 205 g/mol. The third kappa shape index (κ3) is 2.61. The molecule has 1 unspecified atom stereocenters. The van der Waals surface area contributed by atoms with Crippen LogP contribution in [0, 0.1) is 18.8 Å². The average molecular weight is 205 g/mol. The van der Waals surface area contributed by atoms with Gasteiger partial charge in [-0.1, -0.05) is 6.92 Å². The zero-order chi connectivity index (χ0) is 10.8. The van der Waals surface area contributed by atoms with Crippen LogP contribution in [0.25, 0.3) is 0 Å². The number of aromatic nitrogens is 1. The number of nitrogen functional groups attached to an aromatic ring is 1. The molecule has 1 aliphatic carbocycles. The molecular weight excluding hydrogens is 186 g/mol. The number of anilines is 2. The Kier molecular flexibility index (Phi) is 2.80. The van der Waals surface area contributed by atoms with E-state index in [2.05, 4.69) is 17.2 Å². The van der Waals surface area contributed by atoms with Crippen LogP contribution >= 0.6 is 0 Å². The SMILES string of the molecule is Cc1cnc(NCC(C)C2CC2)cc1N. The molecule has 3 heteroatoms. The maximum absolute atomic E-state index is 5.82. The molecule has 3 nitrogen and oxygen atoms in total. The summed E-state index contributed by atoms with van der Waals surface area (Å²) in [5.41, 5.74) is 7.67. The zero-order valence-corrected chi connectivity index (χ0v) is 9.46. The highest BCUT2D eigenvalue weighted by Crippen LogP contribution is 2.36. The average Bonchev–Trinajstić information content (AvgIpc) is 3.03. The smallest absolute Gasteiger partial charge is 0.127 e. The number of pyridine rings is 1. The second-order valence-corrected chi connectivity index (χ2v) is 4.62. The van der Waals surface area contributed by atoms with Crippen LogP contribution in [-0.4, -0.2) is 11.5 Å². The Labute approximate surface area is 91.1 Å². The van der Waals surface area contributed by atoms with Crippen LogP contribution in [0.3, 0.4) is 0 Å². The Hall–Kier alpha value is -1.25. The lowest BCUT2D eigenvalue weighted by Crippen LogP contribution is -2.13. The largest absolute Gasteiger partial charge is 0.398 e. The molecule has 0 spiro atoms. The summed E-state index contributed by atoms with van der Waals surface area (Å²) in [5, 5.41) is 3.34. The van der Waals surface area contributed by atoms with Crippen LogP contribution in [-0.2, 0) is 0 Å². The first-order valence-electron chi connectivity index (χ1n) is 5.63. The summed E-state index contributed by atoms with van der Waals surface area (Å²) in [5.74, 6) is 2.57. The Morgan fingerprint density at radius 2 is 2.33 bits per heavy atom. The first-order valence-corrected chi connectivity index (χ1v) is 5.63. The van der Waals surface area contributed by atoms with E-state index in [1.165, 1.54) is 12.8 Å². The van der Waals surface area contributed by atoms with E-state index in [1.807, 2.05) is 19.2 Å². The lowest BCUT2D eigenvalue weighted by Gasteiger charge is -2.12. The highest BCUT2D eigenvalue weighted by atomic mass is 15.0. The Morgan fingerprint density at radius 3 is 2.93 bits per heavy atom. The molecule has 0 aliphatic heterocycles. The summed E-state index contributed by atoms with van der Waals surface area (Å²) < 4.78 is 0. The zero-order valence-electron chi connectivity index (χ0n) is 9.46. The molecule has 1 fully saturated rings. The second kappa shape index (κ2) is 4.09. The minimum absolute atomic E-state index is 0.745. The van der Waals surface area contributed by atoms with E-state index in [0.717, 1.165) is 35.4 Å². The summed E-state index contributed by atoms with van der Waals surface area (Å²) in [6.07, 6.45) is 4.61. The van der Waals surface area contributed by atoms with Crippen molar-refractivity contribution in [2.24, 2.45) is 11.8 Å². The normalized spacial score (nSPS) is 17.5. The lowest BCUT2D eigenvalue weighted by atomic mass is 10.1. The molecule has 0 bridgehead atoms. The van der Waals surface area contributed by atoms with Gasteiger partial charge in [0.2, 0.25) is 0 Å². The van der Waals surface area contributed by atoms with Crippen molar-refractivity contribution >= 4 is 11.5 Å². The van der Waals surface area contributed by atoms with Crippen LogP contribution in [0.4, 0.5) is 11.5 Å². The van der Waals surface area contributed by atoms with Gasteiger partial charge in [0, 0.05) is 24.5 Å². The molecule has 0 saturated heterocycles. The minimum atomic E-state index is 0.745. The number of nitrogens with one attached hydrogen (secondary N) is 1. The number of nitrogens with zero attached hydrogens (tertiary/aromatic N) is 1. The summed E-state index contributed by atoms with van der Waals surface area (Å²) in [6, 6.07) is 1.91. The maximum Gasteiger partial charge on any atom is 0.127 e. The molecule has 1 aromatic rings. The van der Waals surface area contributed by atoms with Gasteiger partial charge in [0.1, 0.15) is 5.82 Å². The van der Waals surface area contributed by atoms with Crippen molar-refractivity contribution in [2.75, 3.05) is 17.6 Å². The molecule has 0 radical (unpaired) electrons. The Bertz CT molecular complexity index is 345. The molecule has 82 valence electrons. The fourth-order valence-corrected chi connectivity index (χ4v) is 1.73. The van der Waals surface area contributed by atoms with Crippen LogP contribution in [0.15, 0.2) is 12.3 Å². The van der Waals surface area contributed by atoms with Crippen molar-refractivity contribution in [3.63, 3.8) is 0 Å².